The Morgan fingerprint density at radius 1 is 0.765 bits per heavy atom. The van der Waals surface area contributed by atoms with Crippen LogP contribution in [0.1, 0.15) is 87.9 Å². The topological polar surface area (TPSA) is 202 Å². The molecule has 0 bridgehead atoms. The Morgan fingerprint density at radius 3 is 1.76 bits per heavy atom. The number of likely N-dealkylation sites (tertiary alicyclic amines) is 1. The maximum Gasteiger partial charge on any atom is 0.410 e. The maximum atomic E-state index is 11.9. The lowest BCUT2D eigenvalue weighted by Crippen LogP contribution is -2.54. The molecule has 0 atom stereocenters. The molecule has 2 aromatic carbocycles. The first-order valence-corrected chi connectivity index (χ1v) is 16.8. The molecule has 51 heavy (non-hydrogen) atoms. The van der Waals surface area contributed by atoms with Crippen molar-refractivity contribution in [2.24, 2.45) is 10.7 Å². The molecule has 0 unspecified atom stereocenters. The number of rotatable bonds is 4. The first kappa shape index (κ1) is 42.1. The van der Waals surface area contributed by atoms with Crippen molar-refractivity contribution in [2.45, 2.75) is 90.5 Å². The number of hydrogen-bond donors (Lipinski definition) is 4. The number of ether oxygens (including phenoxy) is 2. The summed E-state index contributed by atoms with van der Waals surface area (Å²) in [7, 11) is 0. The number of amides is 6. The highest BCUT2D eigenvalue weighted by atomic mass is 16.6. The smallest absolute Gasteiger partial charge is 0.410 e. The summed E-state index contributed by atoms with van der Waals surface area (Å²) in [4.78, 5) is 72.4. The lowest BCUT2D eigenvalue weighted by Gasteiger charge is -2.32. The van der Waals surface area contributed by atoms with Gasteiger partial charge in [0.1, 0.15) is 11.2 Å². The maximum absolute atomic E-state index is 11.9. The highest BCUT2D eigenvalue weighted by Crippen LogP contribution is 2.14. The van der Waals surface area contributed by atoms with Crippen LogP contribution in [0.5, 0.6) is 0 Å². The molecule has 0 saturated carbocycles. The second kappa shape index (κ2) is 20.5. The van der Waals surface area contributed by atoms with Gasteiger partial charge < -0.3 is 25.4 Å². The summed E-state index contributed by atoms with van der Waals surface area (Å²) in [5.41, 5.74) is 8.28. The summed E-state index contributed by atoms with van der Waals surface area (Å²) in [6, 6.07) is 16.6. The van der Waals surface area contributed by atoms with E-state index in [2.05, 4.69) is 21.1 Å². The number of isocyanates is 1. The molecule has 2 aliphatic rings. The molecule has 0 spiro atoms. The third-order valence-electron chi connectivity index (χ3n) is 7.10. The van der Waals surface area contributed by atoms with E-state index in [1.165, 1.54) is 6.08 Å². The molecule has 15 nitrogen and oxygen atoms in total. The number of aliphatic imine (C=N–C) groups is 1. The Labute approximate surface area is 299 Å². The van der Waals surface area contributed by atoms with Gasteiger partial charge in [-0.2, -0.15) is 0 Å². The number of carbonyl (C=O) groups is 5. The number of piperidine rings is 2. The molecule has 2 aromatic rings. The number of benzene rings is 2. The van der Waals surface area contributed by atoms with Gasteiger partial charge in [0, 0.05) is 49.4 Å². The third-order valence-corrected chi connectivity index (χ3v) is 7.10. The van der Waals surface area contributed by atoms with Crippen LogP contribution < -0.4 is 21.8 Å². The summed E-state index contributed by atoms with van der Waals surface area (Å²) in [6.07, 6.45) is 3.63. The van der Waals surface area contributed by atoms with Crippen LogP contribution in [-0.2, 0) is 14.3 Å². The van der Waals surface area contributed by atoms with E-state index in [0.717, 1.165) is 25.9 Å². The number of imide groups is 1. The van der Waals surface area contributed by atoms with E-state index in [0.29, 0.717) is 37.1 Å². The van der Waals surface area contributed by atoms with Crippen LogP contribution >= 0.6 is 0 Å². The van der Waals surface area contributed by atoms with Crippen LogP contribution in [0.3, 0.4) is 0 Å². The molecule has 2 saturated heterocycles. The Morgan fingerprint density at radius 2 is 1.27 bits per heavy atom. The highest BCUT2D eigenvalue weighted by molar-refractivity contribution is 6.04. The number of nitrogens with zero attached hydrogens (tertiary/aromatic N) is 3. The van der Waals surface area contributed by atoms with Gasteiger partial charge in [-0.15, -0.1) is 4.99 Å². The third kappa shape index (κ3) is 17.9. The van der Waals surface area contributed by atoms with E-state index in [4.69, 9.17) is 15.2 Å². The number of alkyl carbamates (subject to hydrolysis) is 1. The minimum absolute atomic E-state index is 0.00286. The fourth-order valence-electron chi connectivity index (χ4n) is 4.64. The zero-order valence-electron chi connectivity index (χ0n) is 30.3. The number of nitrogens with one attached hydrogen (secondary N) is 3. The van der Waals surface area contributed by atoms with Crippen molar-refractivity contribution >= 4 is 36.1 Å². The van der Waals surface area contributed by atoms with E-state index >= 15 is 0 Å². The highest BCUT2D eigenvalue weighted by Gasteiger charge is 2.26. The Bertz CT molecular complexity index is 1470. The average Bonchev–Trinajstić information content (AvgIpc) is 3.06. The monoisotopic (exact) mass is 709 g/mol. The molecule has 0 aliphatic carbocycles. The molecule has 2 aliphatic heterocycles. The fraction of sp³-hybridized carbons (Fsp3) is 0.500. The Kier molecular flexibility index (Phi) is 16.9. The number of hydrazine groups is 1. The quantitative estimate of drug-likeness (QED) is 0.258. The summed E-state index contributed by atoms with van der Waals surface area (Å²) >= 11 is 0. The van der Waals surface area contributed by atoms with Crippen molar-refractivity contribution in [3.8, 4) is 0 Å². The predicted molar refractivity (Wildman–Crippen MR) is 190 cm³/mol. The van der Waals surface area contributed by atoms with Gasteiger partial charge in [-0.1, -0.05) is 36.4 Å². The van der Waals surface area contributed by atoms with Crippen LogP contribution in [0.2, 0.25) is 0 Å². The Hall–Kier alpha value is -5.11. The predicted octanol–water partition coefficient (Wildman–Crippen LogP) is 4.54. The average molecular weight is 710 g/mol. The van der Waals surface area contributed by atoms with Gasteiger partial charge in [-0.25, -0.2) is 24.2 Å². The first-order valence-electron chi connectivity index (χ1n) is 16.8. The molecular formula is C36H51N7O8. The molecule has 278 valence electrons. The van der Waals surface area contributed by atoms with E-state index < -0.39 is 35.1 Å². The SMILES string of the molecule is CC(C)(C)OC(=O)N1CCC(N)CC1.CC(C)(C)OC(=O)NC1CCN(NC(=O)NC(=O)c2ccccc2)CC1.O=C=NC(=O)c1ccccc1. The molecule has 6 amide bonds. The second-order valence-corrected chi connectivity index (χ2v) is 13.8. The second-order valence-electron chi connectivity index (χ2n) is 13.8. The van der Waals surface area contributed by atoms with Crippen molar-refractivity contribution in [1.82, 2.24) is 26.0 Å². The summed E-state index contributed by atoms with van der Waals surface area (Å²) in [5, 5.41) is 6.85. The minimum atomic E-state index is -0.572. The normalized spacial score (nSPS) is 15.2. The van der Waals surface area contributed by atoms with Gasteiger partial charge in [0.15, 0.2) is 0 Å². The standard InChI is InChI=1S/C18H26N4O4.C10H20N2O2.C8H5NO2/c1-18(2,3)26-17(25)19-14-9-11-22(12-10-14)21-16(24)20-15(23)13-7-5-4-6-8-13;1-10(2,3)14-9(13)12-6-4-8(11)5-7-12;10-6-9-8(11)7-4-2-1-3-5-7/h4-8,14H,9-12H2,1-3H3,(H,19,25)(H2,20,21,23,24);8H,4-7,11H2,1-3H3;1-5H. The van der Waals surface area contributed by atoms with Crippen LogP contribution in [0.15, 0.2) is 65.7 Å². The van der Waals surface area contributed by atoms with Gasteiger partial charge in [-0.05, 0) is 91.5 Å². The van der Waals surface area contributed by atoms with Crippen molar-refractivity contribution in [2.75, 3.05) is 26.2 Å². The fourth-order valence-corrected chi connectivity index (χ4v) is 4.64. The molecule has 0 aromatic heterocycles. The van der Waals surface area contributed by atoms with E-state index in [9.17, 15) is 28.8 Å². The van der Waals surface area contributed by atoms with Crippen LogP contribution in [0, 0.1) is 0 Å². The zero-order chi connectivity index (χ0) is 38.0. The molecule has 4 rings (SSSR count). The van der Waals surface area contributed by atoms with E-state index in [1.807, 2.05) is 41.5 Å². The van der Waals surface area contributed by atoms with Crippen molar-refractivity contribution in [3.05, 3.63) is 71.8 Å². The Balaban J connectivity index is 0.000000300. The van der Waals surface area contributed by atoms with Crippen molar-refractivity contribution in [3.63, 3.8) is 0 Å². The molecule has 5 N–H and O–H groups in total. The molecule has 2 fully saturated rings. The summed E-state index contributed by atoms with van der Waals surface area (Å²) in [6.45, 7) is 13.6. The van der Waals surface area contributed by atoms with Crippen molar-refractivity contribution in [1.29, 1.82) is 0 Å². The number of hydrogen-bond acceptors (Lipinski definition) is 10. The van der Waals surface area contributed by atoms with Gasteiger partial charge in [0.05, 0.1) is 0 Å². The van der Waals surface area contributed by atoms with Gasteiger partial charge in [0.2, 0.25) is 6.08 Å². The molecule has 0 radical (unpaired) electrons. The van der Waals surface area contributed by atoms with Gasteiger partial charge in [-0.3, -0.25) is 20.3 Å². The molecule has 2 heterocycles. The van der Waals surface area contributed by atoms with Crippen LogP contribution in [-0.4, -0.2) is 95.5 Å². The van der Waals surface area contributed by atoms with E-state index in [1.54, 1.807) is 70.6 Å². The van der Waals surface area contributed by atoms with Gasteiger partial charge in [0.25, 0.3) is 11.8 Å². The molecular weight excluding hydrogens is 658 g/mol. The lowest BCUT2D eigenvalue weighted by molar-refractivity contribution is 0.0206. The number of nitrogens with two attached hydrogens (primary N) is 1. The first-order chi connectivity index (χ1) is 24.0. The van der Waals surface area contributed by atoms with Crippen LogP contribution in [0.25, 0.3) is 0 Å². The number of urea groups is 1. The summed E-state index contributed by atoms with van der Waals surface area (Å²) < 4.78 is 10.5. The van der Waals surface area contributed by atoms with E-state index in [-0.39, 0.29) is 18.2 Å². The zero-order valence-corrected chi connectivity index (χ0v) is 30.3. The molecule has 15 heteroatoms. The summed E-state index contributed by atoms with van der Waals surface area (Å²) in [5.74, 6) is -1.01. The van der Waals surface area contributed by atoms with Crippen LogP contribution in [0.4, 0.5) is 14.4 Å². The van der Waals surface area contributed by atoms with Gasteiger partial charge >= 0.3 is 18.2 Å². The van der Waals surface area contributed by atoms with Crippen molar-refractivity contribution < 1.29 is 38.2 Å². The lowest BCUT2D eigenvalue weighted by atomic mass is 10.1. The number of carbonyl (C=O) groups excluding carboxylic acids is 6. The minimum Gasteiger partial charge on any atom is -0.444 e. The largest absolute Gasteiger partial charge is 0.444 e.